The number of rotatable bonds is 6. The van der Waals surface area contributed by atoms with Gasteiger partial charge in [0.25, 0.3) is 5.56 Å². The van der Waals surface area contributed by atoms with Gasteiger partial charge in [-0.3, -0.25) is 4.79 Å². The number of thiazole rings is 1. The number of ether oxygens (including phenoxy) is 2. The zero-order valence-corrected chi connectivity index (χ0v) is 21.7. The maximum Gasteiger partial charge on any atom is 0.274 e. The molecule has 0 N–H and O–H groups in total. The molecule has 0 radical (unpaired) electrons. The second kappa shape index (κ2) is 9.53. The first-order chi connectivity index (χ1) is 16.8. The van der Waals surface area contributed by atoms with Crippen molar-refractivity contribution in [3.05, 3.63) is 95.7 Å². The molecule has 5 aromatic rings. The molecule has 8 heteroatoms. The summed E-state index contributed by atoms with van der Waals surface area (Å²) in [6.07, 6.45) is 1.86. The molecule has 0 aliphatic carbocycles. The van der Waals surface area contributed by atoms with Gasteiger partial charge >= 0.3 is 0 Å². The molecule has 0 bridgehead atoms. The van der Waals surface area contributed by atoms with Crippen LogP contribution in [0.25, 0.3) is 22.1 Å². The van der Waals surface area contributed by atoms with Crippen molar-refractivity contribution in [1.82, 2.24) is 9.38 Å². The van der Waals surface area contributed by atoms with E-state index in [1.807, 2.05) is 63.2 Å². The molecule has 0 aliphatic heterocycles. The number of hydrogen-bond donors (Lipinski definition) is 0. The average molecular weight is 525 g/mol. The van der Waals surface area contributed by atoms with E-state index in [1.54, 1.807) is 16.5 Å². The Morgan fingerprint density at radius 3 is 2.57 bits per heavy atom. The van der Waals surface area contributed by atoms with Crippen molar-refractivity contribution in [1.29, 1.82) is 0 Å². The minimum Gasteiger partial charge on any atom is -0.490 e. The summed E-state index contributed by atoms with van der Waals surface area (Å²) < 4.78 is 14.1. The summed E-state index contributed by atoms with van der Waals surface area (Å²) in [6, 6.07) is 15.0. The molecule has 0 atom stereocenters. The molecule has 35 heavy (non-hydrogen) atoms. The topological polar surface area (TPSA) is 52.8 Å². The van der Waals surface area contributed by atoms with Gasteiger partial charge in [0.15, 0.2) is 16.5 Å². The van der Waals surface area contributed by atoms with Crippen molar-refractivity contribution in [3.8, 4) is 11.5 Å². The smallest absolute Gasteiger partial charge is 0.274 e. The summed E-state index contributed by atoms with van der Waals surface area (Å²) in [4.78, 5) is 18.6. The van der Waals surface area contributed by atoms with Gasteiger partial charge in [0.2, 0.25) is 0 Å². The third-order valence-electron chi connectivity index (χ3n) is 5.82. The third-order valence-corrected chi connectivity index (χ3v) is 7.37. The van der Waals surface area contributed by atoms with Gasteiger partial charge in [-0.2, -0.15) is 0 Å². The highest BCUT2D eigenvalue weighted by atomic mass is 35.5. The Morgan fingerprint density at radius 2 is 1.80 bits per heavy atom. The van der Waals surface area contributed by atoms with Crippen LogP contribution >= 0.6 is 34.5 Å². The van der Waals surface area contributed by atoms with Gasteiger partial charge in [0.1, 0.15) is 6.61 Å². The fourth-order valence-corrected chi connectivity index (χ4v) is 5.32. The van der Waals surface area contributed by atoms with Crippen LogP contribution in [0.3, 0.4) is 0 Å². The van der Waals surface area contributed by atoms with Crippen molar-refractivity contribution in [2.45, 2.75) is 27.4 Å². The van der Waals surface area contributed by atoms with E-state index < -0.39 is 0 Å². The number of halogens is 2. The van der Waals surface area contributed by atoms with Gasteiger partial charge in [-0.1, -0.05) is 46.7 Å². The molecule has 0 aliphatic rings. The van der Waals surface area contributed by atoms with Crippen LogP contribution in [0, 0.1) is 13.8 Å². The number of imidazole rings is 1. The average Bonchev–Trinajstić information content (AvgIpc) is 3.30. The summed E-state index contributed by atoms with van der Waals surface area (Å²) in [7, 11) is 0. The van der Waals surface area contributed by atoms with E-state index in [2.05, 4.69) is 4.98 Å². The standard InChI is InChI=1S/C27H22Cl2N2O3S/c1-4-33-24-11-17(5-8-23(24)34-14-18-6-7-19(28)13-20(18)29)12-25-26(32)31-22-10-16(3)15(2)9-21(22)30-27(31)35-25/h5-13H,4,14H2,1-3H3/b25-12+. The molecule has 178 valence electrons. The van der Waals surface area contributed by atoms with Gasteiger partial charge in [-0.05, 0) is 79.9 Å². The van der Waals surface area contributed by atoms with Gasteiger partial charge in [-0.15, -0.1) is 0 Å². The van der Waals surface area contributed by atoms with Gasteiger partial charge in [0, 0.05) is 15.6 Å². The highest BCUT2D eigenvalue weighted by Crippen LogP contribution is 2.31. The van der Waals surface area contributed by atoms with Crippen LogP contribution in [0.5, 0.6) is 11.5 Å². The number of benzene rings is 3. The summed E-state index contributed by atoms with van der Waals surface area (Å²) in [5, 5.41) is 1.12. The van der Waals surface area contributed by atoms with E-state index in [0.717, 1.165) is 33.3 Å². The Labute approximate surface area is 216 Å². The lowest BCUT2D eigenvalue weighted by Crippen LogP contribution is -2.22. The predicted octanol–water partition coefficient (Wildman–Crippen LogP) is 6.36. The van der Waals surface area contributed by atoms with Crippen LogP contribution in [-0.2, 0) is 6.61 Å². The minimum atomic E-state index is -0.0774. The third kappa shape index (κ3) is 4.61. The highest BCUT2D eigenvalue weighted by Gasteiger charge is 2.13. The Balaban J connectivity index is 1.49. The SMILES string of the molecule is CCOc1cc(/C=c2/sc3nc4cc(C)c(C)cc4n3c2=O)ccc1OCc1ccc(Cl)cc1Cl. The van der Waals surface area contributed by atoms with Crippen LogP contribution < -0.4 is 19.6 Å². The van der Waals surface area contributed by atoms with Crippen LogP contribution in [0.1, 0.15) is 29.2 Å². The second-order valence-electron chi connectivity index (χ2n) is 8.23. The van der Waals surface area contributed by atoms with Crippen molar-refractivity contribution >= 4 is 56.6 Å². The molecule has 5 rings (SSSR count). The first-order valence-electron chi connectivity index (χ1n) is 11.1. The summed E-state index contributed by atoms with van der Waals surface area (Å²) in [5.41, 5.74) is 5.55. The molecule has 0 saturated carbocycles. The summed E-state index contributed by atoms with van der Waals surface area (Å²) in [5.74, 6) is 1.19. The van der Waals surface area contributed by atoms with E-state index in [4.69, 9.17) is 32.7 Å². The van der Waals surface area contributed by atoms with E-state index in [9.17, 15) is 4.79 Å². The lowest BCUT2D eigenvalue weighted by Gasteiger charge is -2.13. The summed E-state index contributed by atoms with van der Waals surface area (Å²) >= 11 is 13.6. The molecule has 5 nitrogen and oxygen atoms in total. The van der Waals surface area contributed by atoms with E-state index in [-0.39, 0.29) is 12.2 Å². The van der Waals surface area contributed by atoms with E-state index in [0.29, 0.717) is 37.6 Å². The fourth-order valence-electron chi connectivity index (χ4n) is 3.87. The normalized spacial score (nSPS) is 12.1. The molecule has 2 heterocycles. The molecule has 0 saturated heterocycles. The van der Waals surface area contributed by atoms with Crippen LogP contribution in [0.15, 0.2) is 53.3 Å². The Morgan fingerprint density at radius 1 is 1.00 bits per heavy atom. The van der Waals surface area contributed by atoms with Crippen molar-refractivity contribution in [3.63, 3.8) is 0 Å². The largest absolute Gasteiger partial charge is 0.490 e. The molecule has 0 amide bonds. The number of fused-ring (bicyclic) bond motifs is 3. The van der Waals surface area contributed by atoms with E-state index >= 15 is 0 Å². The van der Waals surface area contributed by atoms with Crippen molar-refractivity contribution in [2.75, 3.05) is 6.61 Å². The number of aromatic nitrogens is 2. The van der Waals surface area contributed by atoms with Crippen LogP contribution in [0.2, 0.25) is 10.0 Å². The monoisotopic (exact) mass is 524 g/mol. The van der Waals surface area contributed by atoms with Gasteiger partial charge in [-0.25, -0.2) is 9.38 Å². The highest BCUT2D eigenvalue weighted by molar-refractivity contribution is 7.15. The minimum absolute atomic E-state index is 0.0774. The second-order valence-corrected chi connectivity index (χ2v) is 10.1. The van der Waals surface area contributed by atoms with Crippen molar-refractivity contribution < 1.29 is 9.47 Å². The maximum absolute atomic E-state index is 13.2. The molecule has 2 aromatic heterocycles. The quantitative estimate of drug-likeness (QED) is 0.259. The van der Waals surface area contributed by atoms with E-state index in [1.165, 1.54) is 11.3 Å². The van der Waals surface area contributed by atoms with Crippen LogP contribution in [-0.4, -0.2) is 16.0 Å². The molecule has 3 aromatic carbocycles. The number of aryl methyl sites for hydroxylation is 2. The lowest BCUT2D eigenvalue weighted by atomic mass is 10.1. The zero-order chi connectivity index (χ0) is 24.7. The Hall–Kier alpha value is -3.06. The molecule has 0 unspecified atom stereocenters. The lowest BCUT2D eigenvalue weighted by molar-refractivity contribution is 0.269. The molecular weight excluding hydrogens is 503 g/mol. The van der Waals surface area contributed by atoms with Crippen molar-refractivity contribution in [2.24, 2.45) is 0 Å². The fraction of sp³-hybridized carbons (Fsp3) is 0.185. The zero-order valence-electron chi connectivity index (χ0n) is 19.4. The van der Waals surface area contributed by atoms with Crippen LogP contribution in [0.4, 0.5) is 0 Å². The predicted molar refractivity (Wildman–Crippen MR) is 144 cm³/mol. The van der Waals surface area contributed by atoms with Gasteiger partial charge < -0.3 is 9.47 Å². The number of hydrogen-bond acceptors (Lipinski definition) is 5. The Bertz CT molecular complexity index is 1690. The number of nitrogens with zero attached hydrogens (tertiary/aromatic N) is 2. The first-order valence-corrected chi connectivity index (χ1v) is 12.7. The Kier molecular flexibility index (Phi) is 6.45. The molecule has 0 fully saturated rings. The first kappa shape index (κ1) is 23.7. The summed E-state index contributed by atoms with van der Waals surface area (Å²) in [6.45, 7) is 6.75. The molecule has 0 spiro atoms. The molecular formula is C27H22Cl2N2O3S. The van der Waals surface area contributed by atoms with Gasteiger partial charge in [0.05, 0.1) is 22.2 Å². The maximum atomic E-state index is 13.2.